The van der Waals surface area contributed by atoms with E-state index in [9.17, 15) is 0 Å². The zero-order chi connectivity index (χ0) is 20.1. The minimum absolute atomic E-state index is 0.647. The maximum atomic E-state index is 5.24. The van der Waals surface area contributed by atoms with Gasteiger partial charge in [0.15, 0.2) is 17.1 Å². The second-order valence-corrected chi connectivity index (χ2v) is 7.67. The molecule has 0 aliphatic rings. The van der Waals surface area contributed by atoms with Gasteiger partial charge in [-0.3, -0.25) is 4.57 Å². The molecule has 1 aromatic carbocycles. The van der Waals surface area contributed by atoms with Crippen molar-refractivity contribution in [2.45, 2.75) is 13.8 Å². The molecule has 0 aliphatic carbocycles. The lowest BCUT2D eigenvalue weighted by Crippen LogP contribution is -2.01. The van der Waals surface area contributed by atoms with Crippen LogP contribution in [-0.2, 0) is 0 Å². The number of benzene rings is 1. The van der Waals surface area contributed by atoms with Gasteiger partial charge in [-0.05, 0) is 71.7 Å². The minimum Gasteiger partial charge on any atom is -0.497 e. The number of hydrogen-bond acceptors (Lipinski definition) is 5. The fraction of sp³-hybridized carbons (Fsp3) is 0.143. The molecule has 0 fully saturated rings. The van der Waals surface area contributed by atoms with Crippen molar-refractivity contribution in [2.24, 2.45) is 0 Å². The summed E-state index contributed by atoms with van der Waals surface area (Å²) in [4.78, 5) is 14.0. The predicted octanol–water partition coefficient (Wildman–Crippen LogP) is 4.52. The Bertz CT molecular complexity index is 1350. The summed E-state index contributed by atoms with van der Waals surface area (Å²) in [6, 6.07) is 11.6. The SMILES string of the molecule is COc1ccc(-c2nc3c4c(C)c(C)n(-c5ccc(Br)cn5)c4ncn3n2)cc1. The molecule has 4 heterocycles. The molecule has 0 saturated heterocycles. The van der Waals surface area contributed by atoms with E-state index in [0.29, 0.717) is 5.82 Å². The van der Waals surface area contributed by atoms with Gasteiger partial charge in [0, 0.05) is 21.9 Å². The van der Waals surface area contributed by atoms with E-state index in [1.165, 1.54) is 0 Å². The van der Waals surface area contributed by atoms with Crippen molar-refractivity contribution in [3.05, 3.63) is 64.7 Å². The van der Waals surface area contributed by atoms with Crippen LogP contribution in [0.5, 0.6) is 5.75 Å². The fourth-order valence-electron chi connectivity index (χ4n) is 3.50. The van der Waals surface area contributed by atoms with Gasteiger partial charge in [-0.25, -0.2) is 19.5 Å². The highest BCUT2D eigenvalue weighted by Gasteiger charge is 2.19. The van der Waals surface area contributed by atoms with Crippen molar-refractivity contribution >= 4 is 32.6 Å². The number of halogens is 1. The van der Waals surface area contributed by atoms with E-state index in [0.717, 1.165) is 49.5 Å². The van der Waals surface area contributed by atoms with E-state index in [-0.39, 0.29) is 0 Å². The largest absolute Gasteiger partial charge is 0.497 e. The third-order valence-corrected chi connectivity index (χ3v) is 5.59. The van der Waals surface area contributed by atoms with Crippen LogP contribution in [0.2, 0.25) is 0 Å². The third kappa shape index (κ3) is 2.79. The molecule has 0 N–H and O–H groups in total. The van der Waals surface area contributed by atoms with Gasteiger partial charge in [0.2, 0.25) is 0 Å². The molecular formula is C21H17BrN6O. The molecular weight excluding hydrogens is 432 g/mol. The van der Waals surface area contributed by atoms with Crippen LogP contribution in [-0.4, -0.2) is 36.2 Å². The highest BCUT2D eigenvalue weighted by Crippen LogP contribution is 2.30. The molecule has 0 spiro atoms. The smallest absolute Gasteiger partial charge is 0.182 e. The Morgan fingerprint density at radius 1 is 0.966 bits per heavy atom. The van der Waals surface area contributed by atoms with Gasteiger partial charge >= 0.3 is 0 Å². The van der Waals surface area contributed by atoms with Crippen molar-refractivity contribution in [3.8, 4) is 23.0 Å². The summed E-state index contributed by atoms with van der Waals surface area (Å²) in [7, 11) is 1.65. The summed E-state index contributed by atoms with van der Waals surface area (Å²) < 4.78 is 9.95. The van der Waals surface area contributed by atoms with Crippen LogP contribution in [0.1, 0.15) is 11.3 Å². The van der Waals surface area contributed by atoms with Crippen LogP contribution in [0, 0.1) is 13.8 Å². The Labute approximate surface area is 175 Å². The molecule has 5 aromatic rings. The average Bonchev–Trinajstić information content (AvgIpc) is 3.28. The molecule has 0 saturated carbocycles. The van der Waals surface area contributed by atoms with Crippen LogP contribution >= 0.6 is 15.9 Å². The van der Waals surface area contributed by atoms with E-state index in [1.54, 1.807) is 24.1 Å². The Morgan fingerprint density at radius 3 is 2.45 bits per heavy atom. The number of pyridine rings is 1. The molecule has 0 amide bonds. The summed E-state index contributed by atoms with van der Waals surface area (Å²) in [6.45, 7) is 4.15. The van der Waals surface area contributed by atoms with Gasteiger partial charge in [0.05, 0.1) is 12.5 Å². The molecule has 8 heteroatoms. The molecule has 0 atom stereocenters. The second-order valence-electron chi connectivity index (χ2n) is 6.76. The second kappa shape index (κ2) is 6.66. The lowest BCUT2D eigenvalue weighted by molar-refractivity contribution is 0.415. The highest BCUT2D eigenvalue weighted by molar-refractivity contribution is 9.10. The van der Waals surface area contributed by atoms with Crippen LogP contribution in [0.15, 0.2) is 53.4 Å². The number of aryl methyl sites for hydroxylation is 1. The molecule has 0 radical (unpaired) electrons. The average molecular weight is 449 g/mol. The normalized spacial score (nSPS) is 11.4. The molecule has 0 unspecified atom stereocenters. The van der Waals surface area contributed by atoms with Gasteiger partial charge in [-0.15, -0.1) is 5.10 Å². The van der Waals surface area contributed by atoms with Crippen molar-refractivity contribution in [3.63, 3.8) is 0 Å². The molecule has 7 nitrogen and oxygen atoms in total. The van der Waals surface area contributed by atoms with Gasteiger partial charge in [0.25, 0.3) is 0 Å². The predicted molar refractivity (Wildman–Crippen MR) is 115 cm³/mol. The highest BCUT2D eigenvalue weighted by atomic mass is 79.9. The Morgan fingerprint density at radius 2 is 1.76 bits per heavy atom. The Kier molecular flexibility index (Phi) is 4.09. The van der Waals surface area contributed by atoms with Crippen LogP contribution < -0.4 is 4.74 Å². The van der Waals surface area contributed by atoms with E-state index in [4.69, 9.17) is 9.72 Å². The first kappa shape index (κ1) is 17.8. The van der Waals surface area contributed by atoms with E-state index in [1.807, 2.05) is 36.4 Å². The first-order chi connectivity index (χ1) is 14.1. The summed E-state index contributed by atoms with van der Waals surface area (Å²) in [5.41, 5.74) is 4.69. The van der Waals surface area contributed by atoms with Crippen LogP contribution in [0.4, 0.5) is 0 Å². The number of fused-ring (bicyclic) bond motifs is 3. The fourth-order valence-corrected chi connectivity index (χ4v) is 3.74. The number of nitrogens with zero attached hydrogens (tertiary/aromatic N) is 6. The maximum absolute atomic E-state index is 5.24. The third-order valence-electron chi connectivity index (χ3n) is 5.12. The molecule has 4 aromatic heterocycles. The van der Waals surface area contributed by atoms with Crippen molar-refractivity contribution in [1.82, 2.24) is 29.1 Å². The van der Waals surface area contributed by atoms with Gasteiger partial charge in [0.1, 0.15) is 17.9 Å². The molecule has 144 valence electrons. The van der Waals surface area contributed by atoms with E-state index in [2.05, 4.69) is 49.4 Å². The number of hydrogen-bond donors (Lipinski definition) is 0. The van der Waals surface area contributed by atoms with Crippen LogP contribution in [0.3, 0.4) is 0 Å². The summed E-state index contributed by atoms with van der Waals surface area (Å²) in [5, 5.41) is 5.60. The maximum Gasteiger partial charge on any atom is 0.182 e. The zero-order valence-corrected chi connectivity index (χ0v) is 17.7. The standard InChI is InChI=1S/C21H17BrN6O/c1-12-13(2)28(17-9-6-15(22)10-23-17)20-18(12)21-25-19(26-27(21)11-24-20)14-4-7-16(29-3)8-5-14/h4-11H,1-3H3. The quantitative estimate of drug-likeness (QED) is 0.405. The summed E-state index contributed by atoms with van der Waals surface area (Å²) in [6.07, 6.45) is 3.49. The summed E-state index contributed by atoms with van der Waals surface area (Å²) >= 11 is 3.44. The molecule has 29 heavy (non-hydrogen) atoms. The number of aromatic nitrogens is 6. The number of ether oxygens (including phenoxy) is 1. The minimum atomic E-state index is 0.647. The Balaban J connectivity index is 1.73. The monoisotopic (exact) mass is 448 g/mol. The summed E-state index contributed by atoms with van der Waals surface area (Å²) in [5.74, 6) is 2.26. The Hall–Kier alpha value is -3.26. The van der Waals surface area contributed by atoms with Gasteiger partial charge < -0.3 is 4.74 Å². The topological polar surface area (TPSA) is 70.1 Å². The lowest BCUT2D eigenvalue weighted by atomic mass is 10.2. The van der Waals surface area contributed by atoms with Crippen molar-refractivity contribution < 1.29 is 4.74 Å². The molecule has 5 rings (SSSR count). The first-order valence-electron chi connectivity index (χ1n) is 9.06. The molecule has 0 aliphatic heterocycles. The van der Waals surface area contributed by atoms with Crippen molar-refractivity contribution in [1.29, 1.82) is 0 Å². The van der Waals surface area contributed by atoms with Crippen molar-refractivity contribution in [2.75, 3.05) is 7.11 Å². The zero-order valence-electron chi connectivity index (χ0n) is 16.1. The van der Waals surface area contributed by atoms with Gasteiger partial charge in [-0.1, -0.05) is 0 Å². The number of rotatable bonds is 3. The molecule has 0 bridgehead atoms. The lowest BCUT2D eigenvalue weighted by Gasteiger charge is -2.06. The van der Waals surface area contributed by atoms with E-state index >= 15 is 0 Å². The number of methoxy groups -OCH3 is 1. The first-order valence-corrected chi connectivity index (χ1v) is 9.85. The van der Waals surface area contributed by atoms with Crippen LogP contribution in [0.25, 0.3) is 33.9 Å². The van der Waals surface area contributed by atoms with Gasteiger partial charge in [-0.2, -0.15) is 0 Å². The van der Waals surface area contributed by atoms with E-state index < -0.39 is 0 Å².